The smallest absolute Gasteiger partial charge is 0.410 e. The van der Waals surface area contributed by atoms with Crippen LogP contribution in [0, 0.1) is 0 Å². The fourth-order valence-corrected chi connectivity index (χ4v) is 2.53. The largest absolute Gasteiger partial charge is 0.481 e. The fraction of sp³-hybridized carbons (Fsp3) is 0.625. The number of methoxy groups -OCH3 is 1. The molecule has 1 amide bonds. The summed E-state index contributed by atoms with van der Waals surface area (Å²) in [6.07, 6.45) is 4.59. The van der Waals surface area contributed by atoms with Gasteiger partial charge in [0.2, 0.25) is 5.88 Å². The van der Waals surface area contributed by atoms with E-state index in [4.69, 9.17) is 9.47 Å². The van der Waals surface area contributed by atoms with Crippen molar-refractivity contribution >= 4 is 6.09 Å². The second kappa shape index (κ2) is 6.33. The van der Waals surface area contributed by atoms with E-state index in [1.54, 1.807) is 13.3 Å². The standard InChI is InChI=1S/C16H24N2O3/c1-16(2,3)21-15(19)18-10-6-5-7-13(18)12-8-9-14(20-4)17-11-12/h8-9,11,13H,5-7,10H2,1-4H3/t13-/m0/s1. The van der Waals surface area contributed by atoms with Gasteiger partial charge >= 0.3 is 6.09 Å². The van der Waals surface area contributed by atoms with Gasteiger partial charge < -0.3 is 14.4 Å². The molecular formula is C16H24N2O3. The van der Waals surface area contributed by atoms with Gasteiger partial charge in [-0.3, -0.25) is 0 Å². The first kappa shape index (κ1) is 15.6. The maximum atomic E-state index is 12.4. The maximum absolute atomic E-state index is 12.4. The molecule has 1 aliphatic heterocycles. The molecule has 0 spiro atoms. The number of piperidine rings is 1. The van der Waals surface area contributed by atoms with E-state index in [2.05, 4.69) is 4.98 Å². The lowest BCUT2D eigenvalue weighted by Gasteiger charge is -2.36. The van der Waals surface area contributed by atoms with Crippen LogP contribution in [0.4, 0.5) is 4.79 Å². The van der Waals surface area contributed by atoms with E-state index < -0.39 is 5.60 Å². The minimum Gasteiger partial charge on any atom is -0.481 e. The molecule has 1 aromatic rings. The molecule has 116 valence electrons. The topological polar surface area (TPSA) is 51.7 Å². The molecule has 0 saturated carbocycles. The average molecular weight is 292 g/mol. The number of carbonyl (C=O) groups is 1. The van der Waals surface area contributed by atoms with Gasteiger partial charge in [-0.05, 0) is 45.6 Å². The SMILES string of the molecule is COc1ccc([C@@H]2CCCCN2C(=O)OC(C)(C)C)cn1. The molecule has 1 saturated heterocycles. The molecule has 1 aromatic heterocycles. The van der Waals surface area contributed by atoms with E-state index in [0.717, 1.165) is 31.4 Å². The lowest BCUT2D eigenvalue weighted by Crippen LogP contribution is -2.41. The Morgan fingerprint density at radius 1 is 1.33 bits per heavy atom. The summed E-state index contributed by atoms with van der Waals surface area (Å²) in [6.45, 7) is 6.39. The highest BCUT2D eigenvalue weighted by atomic mass is 16.6. The molecule has 0 aliphatic carbocycles. The molecule has 1 fully saturated rings. The van der Waals surface area contributed by atoms with Crippen molar-refractivity contribution < 1.29 is 14.3 Å². The first-order valence-corrected chi connectivity index (χ1v) is 7.40. The van der Waals surface area contributed by atoms with Crippen molar-refractivity contribution in [2.45, 2.75) is 51.7 Å². The van der Waals surface area contributed by atoms with Gasteiger partial charge in [0, 0.05) is 18.8 Å². The number of rotatable bonds is 2. The number of pyridine rings is 1. The van der Waals surface area contributed by atoms with Gasteiger partial charge in [0.05, 0.1) is 13.2 Å². The van der Waals surface area contributed by atoms with Crippen molar-refractivity contribution in [1.29, 1.82) is 0 Å². The summed E-state index contributed by atoms with van der Waals surface area (Å²) in [7, 11) is 1.59. The van der Waals surface area contributed by atoms with Crippen LogP contribution in [0.25, 0.3) is 0 Å². The zero-order valence-electron chi connectivity index (χ0n) is 13.3. The van der Waals surface area contributed by atoms with Crippen molar-refractivity contribution in [3.63, 3.8) is 0 Å². The van der Waals surface area contributed by atoms with Crippen LogP contribution in [-0.2, 0) is 4.74 Å². The van der Waals surface area contributed by atoms with Crippen molar-refractivity contribution in [2.75, 3.05) is 13.7 Å². The molecule has 2 rings (SSSR count). The molecule has 1 atom stereocenters. The van der Waals surface area contributed by atoms with Gasteiger partial charge in [0.1, 0.15) is 5.60 Å². The third kappa shape index (κ3) is 4.09. The summed E-state index contributed by atoms with van der Waals surface area (Å²) in [4.78, 5) is 18.4. The quantitative estimate of drug-likeness (QED) is 0.836. The van der Waals surface area contributed by atoms with Crippen LogP contribution in [0.15, 0.2) is 18.3 Å². The number of ether oxygens (including phenoxy) is 2. The highest BCUT2D eigenvalue weighted by molar-refractivity contribution is 5.69. The van der Waals surface area contributed by atoms with Gasteiger partial charge in [-0.25, -0.2) is 9.78 Å². The van der Waals surface area contributed by atoms with Crippen LogP contribution in [0.2, 0.25) is 0 Å². The first-order valence-electron chi connectivity index (χ1n) is 7.40. The summed E-state index contributed by atoms with van der Waals surface area (Å²) >= 11 is 0. The number of hydrogen-bond donors (Lipinski definition) is 0. The number of aromatic nitrogens is 1. The summed E-state index contributed by atoms with van der Waals surface area (Å²) in [6, 6.07) is 3.84. The summed E-state index contributed by atoms with van der Waals surface area (Å²) in [5.74, 6) is 0.582. The van der Waals surface area contributed by atoms with Crippen LogP contribution in [-0.4, -0.2) is 35.2 Å². The highest BCUT2D eigenvalue weighted by Gasteiger charge is 2.31. The van der Waals surface area contributed by atoms with Crippen LogP contribution < -0.4 is 4.74 Å². The van der Waals surface area contributed by atoms with Gasteiger partial charge in [0.15, 0.2) is 0 Å². The van der Waals surface area contributed by atoms with Gasteiger partial charge in [-0.1, -0.05) is 6.07 Å². The zero-order valence-corrected chi connectivity index (χ0v) is 13.3. The Kier molecular flexibility index (Phi) is 4.70. The van der Waals surface area contributed by atoms with Gasteiger partial charge in [0.25, 0.3) is 0 Å². The molecule has 21 heavy (non-hydrogen) atoms. The van der Waals surface area contributed by atoms with E-state index >= 15 is 0 Å². The molecule has 0 N–H and O–H groups in total. The Bertz CT molecular complexity index is 479. The van der Waals surface area contributed by atoms with Crippen molar-refractivity contribution in [1.82, 2.24) is 9.88 Å². The second-order valence-electron chi connectivity index (χ2n) is 6.32. The Labute approximate surface area is 126 Å². The van der Waals surface area contributed by atoms with E-state index in [1.807, 2.05) is 37.8 Å². The Balaban J connectivity index is 2.16. The molecule has 2 heterocycles. The normalized spacial score (nSPS) is 19.2. The zero-order chi connectivity index (χ0) is 15.5. The number of nitrogens with zero attached hydrogens (tertiary/aromatic N) is 2. The van der Waals surface area contributed by atoms with Crippen LogP contribution in [0.3, 0.4) is 0 Å². The average Bonchev–Trinajstić information content (AvgIpc) is 2.45. The number of carbonyl (C=O) groups excluding carboxylic acids is 1. The number of amides is 1. The Hall–Kier alpha value is -1.78. The third-order valence-electron chi connectivity index (χ3n) is 3.48. The monoisotopic (exact) mass is 292 g/mol. The lowest BCUT2D eigenvalue weighted by atomic mass is 9.97. The highest BCUT2D eigenvalue weighted by Crippen LogP contribution is 2.32. The maximum Gasteiger partial charge on any atom is 0.410 e. The summed E-state index contributed by atoms with van der Waals surface area (Å²) in [5.41, 5.74) is 0.554. The molecule has 0 bridgehead atoms. The number of likely N-dealkylation sites (tertiary alicyclic amines) is 1. The van der Waals surface area contributed by atoms with Crippen molar-refractivity contribution in [3.8, 4) is 5.88 Å². The van der Waals surface area contributed by atoms with Crippen LogP contribution in [0.5, 0.6) is 5.88 Å². The predicted octanol–water partition coefficient (Wildman–Crippen LogP) is 3.55. The van der Waals surface area contributed by atoms with E-state index in [1.165, 1.54) is 0 Å². The molecule has 1 aliphatic rings. The van der Waals surface area contributed by atoms with Crippen molar-refractivity contribution in [2.24, 2.45) is 0 Å². The van der Waals surface area contributed by atoms with E-state index in [9.17, 15) is 4.79 Å². The lowest BCUT2D eigenvalue weighted by molar-refractivity contribution is 0.00948. The van der Waals surface area contributed by atoms with Crippen LogP contribution in [0.1, 0.15) is 51.6 Å². The molecule has 5 heteroatoms. The van der Waals surface area contributed by atoms with E-state index in [0.29, 0.717) is 5.88 Å². The fourth-order valence-electron chi connectivity index (χ4n) is 2.53. The molecular weight excluding hydrogens is 268 g/mol. The minimum absolute atomic E-state index is 0.0343. The Morgan fingerprint density at radius 3 is 2.67 bits per heavy atom. The number of hydrogen-bond acceptors (Lipinski definition) is 4. The minimum atomic E-state index is -0.475. The predicted molar refractivity (Wildman–Crippen MR) is 80.3 cm³/mol. The molecule has 0 unspecified atom stereocenters. The second-order valence-corrected chi connectivity index (χ2v) is 6.32. The van der Waals surface area contributed by atoms with Gasteiger partial charge in [-0.2, -0.15) is 0 Å². The molecule has 5 nitrogen and oxygen atoms in total. The van der Waals surface area contributed by atoms with Crippen molar-refractivity contribution in [3.05, 3.63) is 23.9 Å². The molecule has 0 aromatic carbocycles. The Morgan fingerprint density at radius 2 is 2.10 bits per heavy atom. The third-order valence-corrected chi connectivity index (χ3v) is 3.48. The summed E-state index contributed by atoms with van der Waals surface area (Å²) in [5, 5.41) is 0. The van der Waals surface area contributed by atoms with Gasteiger partial charge in [-0.15, -0.1) is 0 Å². The van der Waals surface area contributed by atoms with Crippen LogP contribution >= 0.6 is 0 Å². The molecule has 0 radical (unpaired) electrons. The summed E-state index contributed by atoms with van der Waals surface area (Å²) < 4.78 is 10.6. The van der Waals surface area contributed by atoms with E-state index in [-0.39, 0.29) is 12.1 Å². The first-order chi connectivity index (χ1) is 9.90.